The van der Waals surface area contributed by atoms with Gasteiger partial charge in [0.2, 0.25) is 0 Å². The Bertz CT molecular complexity index is 427. The van der Waals surface area contributed by atoms with Crippen LogP contribution in [0.3, 0.4) is 0 Å². The Morgan fingerprint density at radius 2 is 1.80 bits per heavy atom. The van der Waals surface area contributed by atoms with Crippen LogP contribution in [0.5, 0.6) is 11.5 Å². The summed E-state index contributed by atoms with van der Waals surface area (Å²) in [5, 5.41) is 4.15. The number of unbranched alkanes of at least 4 members (excludes halogenated alkanes) is 1. The number of rotatable bonds is 7. The zero-order valence-electron chi connectivity index (χ0n) is 13.2. The molecule has 0 atom stereocenters. The Morgan fingerprint density at radius 3 is 2.35 bits per heavy atom. The van der Waals surface area contributed by atoms with Crippen molar-refractivity contribution in [1.29, 1.82) is 0 Å². The smallest absolute Gasteiger partial charge is 0.179 e. The summed E-state index contributed by atoms with van der Waals surface area (Å²) in [6, 6.07) is 3.92. The van der Waals surface area contributed by atoms with Crippen molar-refractivity contribution < 1.29 is 9.47 Å². The number of nitrogens with one attached hydrogen (secondary N) is 1. The van der Waals surface area contributed by atoms with Gasteiger partial charge in [-0.1, -0.05) is 17.7 Å². The molecule has 0 heterocycles. The van der Waals surface area contributed by atoms with E-state index in [9.17, 15) is 0 Å². The van der Waals surface area contributed by atoms with Gasteiger partial charge in [0.1, 0.15) is 0 Å². The number of ether oxygens (including phenoxy) is 2. The van der Waals surface area contributed by atoms with Crippen LogP contribution in [0.15, 0.2) is 12.1 Å². The molecule has 0 radical (unpaired) electrons. The fraction of sp³-hybridized carbons (Fsp3) is 0.625. The minimum absolute atomic E-state index is 0.182. The number of methoxy groups -OCH3 is 2. The van der Waals surface area contributed by atoms with Crippen molar-refractivity contribution in [3.63, 3.8) is 0 Å². The molecule has 0 fully saturated rings. The SMILES string of the molecule is COc1ccc(CCCCNC(C)(C)C)c(Cl)c1OC. The van der Waals surface area contributed by atoms with Crippen molar-refractivity contribution in [3.05, 3.63) is 22.7 Å². The van der Waals surface area contributed by atoms with E-state index in [1.54, 1.807) is 14.2 Å². The molecule has 1 N–H and O–H groups in total. The van der Waals surface area contributed by atoms with E-state index < -0.39 is 0 Å². The van der Waals surface area contributed by atoms with E-state index >= 15 is 0 Å². The fourth-order valence-corrected chi connectivity index (χ4v) is 2.35. The third-order valence-electron chi connectivity index (χ3n) is 3.09. The first kappa shape index (κ1) is 17.1. The summed E-state index contributed by atoms with van der Waals surface area (Å²) < 4.78 is 10.5. The second kappa shape index (κ2) is 7.75. The molecule has 0 amide bonds. The molecule has 0 aliphatic carbocycles. The van der Waals surface area contributed by atoms with Gasteiger partial charge in [0.25, 0.3) is 0 Å². The largest absolute Gasteiger partial charge is 0.493 e. The van der Waals surface area contributed by atoms with Gasteiger partial charge in [-0.2, -0.15) is 0 Å². The molecule has 1 aromatic carbocycles. The molecule has 114 valence electrons. The summed E-state index contributed by atoms with van der Waals surface area (Å²) in [6.45, 7) is 7.56. The molecule has 0 aromatic heterocycles. The summed E-state index contributed by atoms with van der Waals surface area (Å²) in [7, 11) is 3.23. The standard InChI is InChI=1S/C16H26ClNO2/c1-16(2,3)18-11-7-6-8-12-9-10-13(19-4)15(20-5)14(12)17/h9-10,18H,6-8,11H2,1-5H3. The first-order chi connectivity index (χ1) is 9.39. The lowest BCUT2D eigenvalue weighted by Gasteiger charge is -2.20. The topological polar surface area (TPSA) is 30.5 Å². The average Bonchev–Trinajstić information content (AvgIpc) is 2.38. The molecule has 0 saturated carbocycles. The number of hydrogen-bond donors (Lipinski definition) is 1. The molecular weight excluding hydrogens is 274 g/mol. The van der Waals surface area contributed by atoms with E-state index in [1.807, 2.05) is 12.1 Å². The van der Waals surface area contributed by atoms with Crippen LogP contribution < -0.4 is 14.8 Å². The summed E-state index contributed by atoms with van der Waals surface area (Å²) in [4.78, 5) is 0. The van der Waals surface area contributed by atoms with Gasteiger partial charge in [0, 0.05) is 5.54 Å². The highest BCUT2D eigenvalue weighted by Crippen LogP contribution is 2.37. The summed E-state index contributed by atoms with van der Waals surface area (Å²) in [5.41, 5.74) is 1.29. The van der Waals surface area contributed by atoms with Crippen LogP contribution in [0.25, 0.3) is 0 Å². The molecular formula is C16H26ClNO2. The predicted molar refractivity (Wildman–Crippen MR) is 85.2 cm³/mol. The Hall–Kier alpha value is -0.930. The van der Waals surface area contributed by atoms with Crippen LogP contribution in [-0.4, -0.2) is 26.3 Å². The van der Waals surface area contributed by atoms with Crippen LogP contribution in [-0.2, 0) is 6.42 Å². The van der Waals surface area contributed by atoms with E-state index in [0.717, 1.165) is 31.4 Å². The van der Waals surface area contributed by atoms with Crippen molar-refractivity contribution in [2.75, 3.05) is 20.8 Å². The van der Waals surface area contributed by atoms with E-state index in [1.165, 1.54) is 0 Å². The van der Waals surface area contributed by atoms with Gasteiger partial charge in [-0.15, -0.1) is 0 Å². The van der Waals surface area contributed by atoms with Crippen LogP contribution in [0.2, 0.25) is 5.02 Å². The maximum atomic E-state index is 6.36. The molecule has 20 heavy (non-hydrogen) atoms. The van der Waals surface area contributed by atoms with E-state index in [-0.39, 0.29) is 5.54 Å². The molecule has 0 unspecified atom stereocenters. The molecule has 0 bridgehead atoms. The highest BCUT2D eigenvalue weighted by atomic mass is 35.5. The van der Waals surface area contributed by atoms with Crippen LogP contribution >= 0.6 is 11.6 Å². The average molecular weight is 300 g/mol. The Balaban J connectivity index is 2.53. The van der Waals surface area contributed by atoms with Gasteiger partial charge in [-0.3, -0.25) is 0 Å². The molecule has 0 saturated heterocycles. The fourth-order valence-electron chi connectivity index (χ4n) is 2.03. The Morgan fingerprint density at radius 1 is 1.10 bits per heavy atom. The highest BCUT2D eigenvalue weighted by Gasteiger charge is 2.13. The molecule has 0 aliphatic rings. The predicted octanol–water partition coefficient (Wildman–Crippen LogP) is 4.07. The van der Waals surface area contributed by atoms with E-state index in [4.69, 9.17) is 21.1 Å². The van der Waals surface area contributed by atoms with Crippen molar-refractivity contribution in [1.82, 2.24) is 5.32 Å². The number of hydrogen-bond acceptors (Lipinski definition) is 3. The van der Waals surface area contributed by atoms with Gasteiger partial charge in [-0.05, 0) is 58.2 Å². The second-order valence-electron chi connectivity index (χ2n) is 5.91. The van der Waals surface area contributed by atoms with E-state index in [2.05, 4.69) is 26.1 Å². The number of benzene rings is 1. The second-order valence-corrected chi connectivity index (χ2v) is 6.29. The first-order valence-electron chi connectivity index (χ1n) is 7.03. The molecule has 0 spiro atoms. The van der Waals surface area contributed by atoms with E-state index in [0.29, 0.717) is 16.5 Å². The maximum absolute atomic E-state index is 6.36. The van der Waals surface area contributed by atoms with Crippen molar-refractivity contribution in [3.8, 4) is 11.5 Å². The van der Waals surface area contributed by atoms with Gasteiger partial charge < -0.3 is 14.8 Å². The van der Waals surface area contributed by atoms with Crippen LogP contribution in [0.1, 0.15) is 39.2 Å². The normalized spacial score (nSPS) is 11.5. The quantitative estimate of drug-likeness (QED) is 0.770. The summed E-state index contributed by atoms with van der Waals surface area (Å²) in [6.07, 6.45) is 3.17. The van der Waals surface area contributed by atoms with Crippen molar-refractivity contribution in [2.45, 2.75) is 45.6 Å². The Labute approximate surface area is 127 Å². The first-order valence-corrected chi connectivity index (χ1v) is 7.41. The van der Waals surface area contributed by atoms with Gasteiger partial charge in [0.05, 0.1) is 19.2 Å². The van der Waals surface area contributed by atoms with Crippen LogP contribution in [0, 0.1) is 0 Å². The van der Waals surface area contributed by atoms with Gasteiger partial charge in [-0.25, -0.2) is 0 Å². The monoisotopic (exact) mass is 299 g/mol. The third kappa shape index (κ3) is 5.22. The lowest BCUT2D eigenvalue weighted by atomic mass is 10.1. The molecule has 1 rings (SSSR count). The van der Waals surface area contributed by atoms with Crippen molar-refractivity contribution >= 4 is 11.6 Å². The lowest BCUT2D eigenvalue weighted by Crippen LogP contribution is -2.36. The van der Waals surface area contributed by atoms with Gasteiger partial charge in [0.15, 0.2) is 11.5 Å². The molecule has 4 heteroatoms. The summed E-state index contributed by atoms with van der Waals surface area (Å²) >= 11 is 6.36. The minimum atomic E-state index is 0.182. The Kier molecular flexibility index (Phi) is 6.63. The lowest BCUT2D eigenvalue weighted by molar-refractivity contribution is 0.354. The third-order valence-corrected chi connectivity index (χ3v) is 3.51. The van der Waals surface area contributed by atoms with Crippen LogP contribution in [0.4, 0.5) is 0 Å². The number of aryl methyl sites for hydroxylation is 1. The number of halogens is 1. The highest BCUT2D eigenvalue weighted by molar-refractivity contribution is 6.33. The maximum Gasteiger partial charge on any atom is 0.179 e. The molecule has 1 aromatic rings. The zero-order chi connectivity index (χ0) is 15.2. The van der Waals surface area contributed by atoms with Crippen molar-refractivity contribution in [2.24, 2.45) is 0 Å². The summed E-state index contributed by atoms with van der Waals surface area (Å²) in [5.74, 6) is 1.30. The zero-order valence-corrected chi connectivity index (χ0v) is 13.9. The molecule has 3 nitrogen and oxygen atoms in total. The minimum Gasteiger partial charge on any atom is -0.493 e. The molecule has 0 aliphatic heterocycles. The van der Waals surface area contributed by atoms with Gasteiger partial charge >= 0.3 is 0 Å².